The van der Waals surface area contributed by atoms with E-state index in [1.165, 1.54) is 11.5 Å². The average molecular weight is 231 g/mol. The second kappa shape index (κ2) is 4.41. The maximum Gasteiger partial charge on any atom is 0.302 e. The van der Waals surface area contributed by atoms with E-state index >= 15 is 0 Å². The number of fused-ring (bicyclic) bond motifs is 1. The third-order valence-electron chi connectivity index (χ3n) is 2.60. The Morgan fingerprint density at radius 2 is 1.94 bits per heavy atom. The summed E-state index contributed by atoms with van der Waals surface area (Å²) in [6.07, 6.45) is 1.70. The first-order chi connectivity index (χ1) is 8.09. The molecule has 0 saturated heterocycles. The minimum Gasteiger partial charge on any atom is -0.461 e. The van der Waals surface area contributed by atoms with Crippen LogP contribution in [0, 0.1) is 0 Å². The van der Waals surface area contributed by atoms with Crippen molar-refractivity contribution in [1.82, 2.24) is 4.57 Å². The van der Waals surface area contributed by atoms with Crippen molar-refractivity contribution in [2.24, 2.45) is 7.05 Å². The Bertz CT molecular complexity index is 628. The summed E-state index contributed by atoms with van der Waals surface area (Å²) in [6, 6.07) is 7.31. The van der Waals surface area contributed by atoms with Crippen LogP contribution in [-0.4, -0.2) is 10.5 Å². The molecule has 88 valence electrons. The minimum atomic E-state index is -0.331. The Kier molecular flexibility index (Phi) is 2.95. The van der Waals surface area contributed by atoms with Crippen molar-refractivity contribution in [3.8, 4) is 0 Å². The van der Waals surface area contributed by atoms with Gasteiger partial charge in [0, 0.05) is 31.1 Å². The van der Waals surface area contributed by atoms with E-state index in [0.717, 1.165) is 10.9 Å². The van der Waals surface area contributed by atoms with Crippen LogP contribution in [0.5, 0.6) is 0 Å². The van der Waals surface area contributed by atoms with Crippen LogP contribution in [0.15, 0.2) is 35.3 Å². The summed E-state index contributed by atoms with van der Waals surface area (Å²) in [5.74, 6) is -0.331. The zero-order valence-corrected chi connectivity index (χ0v) is 9.77. The van der Waals surface area contributed by atoms with Gasteiger partial charge in [-0.1, -0.05) is 18.2 Å². The van der Waals surface area contributed by atoms with Crippen LogP contribution >= 0.6 is 0 Å². The van der Waals surface area contributed by atoms with E-state index in [-0.39, 0.29) is 18.1 Å². The number of hydrogen-bond donors (Lipinski definition) is 0. The van der Waals surface area contributed by atoms with Gasteiger partial charge in [0.1, 0.15) is 6.61 Å². The van der Waals surface area contributed by atoms with Gasteiger partial charge in [-0.05, 0) is 11.5 Å². The predicted octanol–water partition coefficient (Wildman–Crippen LogP) is 1.60. The van der Waals surface area contributed by atoms with Gasteiger partial charge in [-0.3, -0.25) is 9.59 Å². The molecular weight excluding hydrogens is 218 g/mol. The van der Waals surface area contributed by atoms with Crippen molar-refractivity contribution in [2.75, 3.05) is 0 Å². The van der Waals surface area contributed by atoms with Crippen molar-refractivity contribution in [2.45, 2.75) is 13.5 Å². The summed E-state index contributed by atoms with van der Waals surface area (Å²) in [5.41, 5.74) is 0.782. The molecule has 2 aromatic rings. The number of pyridine rings is 1. The predicted molar refractivity (Wildman–Crippen MR) is 64.7 cm³/mol. The zero-order chi connectivity index (χ0) is 12.4. The van der Waals surface area contributed by atoms with Crippen LogP contribution in [0.25, 0.3) is 10.8 Å². The molecule has 0 radical (unpaired) electrons. The third kappa shape index (κ3) is 2.20. The summed E-state index contributed by atoms with van der Waals surface area (Å²) in [5, 5.41) is 1.47. The van der Waals surface area contributed by atoms with E-state index in [0.29, 0.717) is 5.39 Å². The van der Waals surface area contributed by atoms with Gasteiger partial charge in [-0.2, -0.15) is 0 Å². The molecule has 0 atom stereocenters. The Labute approximate surface area is 98.4 Å². The van der Waals surface area contributed by atoms with E-state index in [1.54, 1.807) is 19.3 Å². The molecule has 0 aliphatic rings. The first-order valence-electron chi connectivity index (χ1n) is 5.30. The zero-order valence-electron chi connectivity index (χ0n) is 9.77. The van der Waals surface area contributed by atoms with Gasteiger partial charge in [0.05, 0.1) is 0 Å². The second-order valence-corrected chi connectivity index (χ2v) is 3.90. The van der Waals surface area contributed by atoms with Gasteiger partial charge in [-0.25, -0.2) is 0 Å². The van der Waals surface area contributed by atoms with Crippen molar-refractivity contribution in [3.05, 3.63) is 46.4 Å². The number of rotatable bonds is 2. The van der Waals surface area contributed by atoms with Gasteiger partial charge < -0.3 is 9.30 Å². The van der Waals surface area contributed by atoms with Gasteiger partial charge in [0.15, 0.2) is 0 Å². The van der Waals surface area contributed by atoms with Gasteiger partial charge in [0.25, 0.3) is 5.56 Å². The van der Waals surface area contributed by atoms with Crippen molar-refractivity contribution < 1.29 is 9.53 Å². The first-order valence-corrected chi connectivity index (χ1v) is 5.30. The molecule has 2 rings (SSSR count). The molecule has 0 aliphatic heterocycles. The standard InChI is InChI=1S/C13H13NO3/c1-9(15)17-8-10-7-14(2)13(16)12-6-4-3-5-11(10)12/h3-7H,8H2,1-2H3. The van der Waals surface area contributed by atoms with Gasteiger partial charge in [0.2, 0.25) is 0 Å². The molecule has 0 unspecified atom stereocenters. The highest BCUT2D eigenvalue weighted by Gasteiger charge is 2.07. The smallest absolute Gasteiger partial charge is 0.302 e. The molecule has 1 heterocycles. The molecule has 0 spiro atoms. The number of aryl methyl sites for hydroxylation is 1. The number of esters is 1. The molecule has 0 aliphatic carbocycles. The van der Waals surface area contributed by atoms with Crippen LogP contribution in [0.3, 0.4) is 0 Å². The fourth-order valence-corrected chi connectivity index (χ4v) is 1.80. The average Bonchev–Trinajstić information content (AvgIpc) is 2.32. The number of ether oxygens (including phenoxy) is 1. The van der Waals surface area contributed by atoms with E-state index in [1.807, 2.05) is 18.2 Å². The summed E-state index contributed by atoms with van der Waals surface area (Å²) >= 11 is 0. The summed E-state index contributed by atoms with van der Waals surface area (Å²) in [6.45, 7) is 1.55. The van der Waals surface area contributed by atoms with Crippen molar-refractivity contribution >= 4 is 16.7 Å². The monoisotopic (exact) mass is 231 g/mol. The molecule has 1 aromatic carbocycles. The topological polar surface area (TPSA) is 48.3 Å². The Balaban J connectivity index is 2.59. The molecule has 0 fully saturated rings. The van der Waals surface area contributed by atoms with Crippen molar-refractivity contribution in [1.29, 1.82) is 0 Å². The van der Waals surface area contributed by atoms with Crippen LogP contribution in [0.2, 0.25) is 0 Å². The molecule has 0 bridgehead atoms. The van der Waals surface area contributed by atoms with E-state index in [9.17, 15) is 9.59 Å². The van der Waals surface area contributed by atoms with E-state index in [2.05, 4.69) is 0 Å². The molecule has 0 amide bonds. The molecule has 4 heteroatoms. The molecule has 17 heavy (non-hydrogen) atoms. The fourth-order valence-electron chi connectivity index (χ4n) is 1.80. The SMILES string of the molecule is CC(=O)OCc1cn(C)c(=O)c2ccccc12. The third-order valence-corrected chi connectivity index (χ3v) is 2.60. The lowest BCUT2D eigenvalue weighted by atomic mass is 10.1. The first kappa shape index (κ1) is 11.4. The second-order valence-electron chi connectivity index (χ2n) is 3.90. The molecule has 0 N–H and O–H groups in total. The van der Waals surface area contributed by atoms with Crippen LogP contribution in [-0.2, 0) is 23.2 Å². The number of carbonyl (C=O) groups is 1. The fraction of sp³-hybridized carbons (Fsp3) is 0.231. The maximum absolute atomic E-state index is 11.9. The molecule has 1 aromatic heterocycles. The highest BCUT2D eigenvalue weighted by Crippen LogP contribution is 2.15. The summed E-state index contributed by atoms with van der Waals surface area (Å²) in [4.78, 5) is 22.7. The minimum absolute atomic E-state index is 0.0489. The van der Waals surface area contributed by atoms with E-state index < -0.39 is 0 Å². The number of benzene rings is 1. The summed E-state index contributed by atoms with van der Waals surface area (Å²) in [7, 11) is 1.69. The van der Waals surface area contributed by atoms with Crippen LogP contribution < -0.4 is 5.56 Å². The summed E-state index contributed by atoms with van der Waals surface area (Å²) < 4.78 is 6.48. The number of carbonyl (C=O) groups excluding carboxylic acids is 1. The molecular formula is C13H13NO3. The van der Waals surface area contributed by atoms with Crippen LogP contribution in [0.4, 0.5) is 0 Å². The van der Waals surface area contributed by atoms with Gasteiger partial charge >= 0.3 is 5.97 Å². The maximum atomic E-state index is 11.9. The Morgan fingerprint density at radius 3 is 2.59 bits per heavy atom. The largest absolute Gasteiger partial charge is 0.461 e. The number of aromatic nitrogens is 1. The highest BCUT2D eigenvalue weighted by molar-refractivity contribution is 5.84. The lowest BCUT2D eigenvalue weighted by Crippen LogP contribution is -2.17. The number of hydrogen-bond acceptors (Lipinski definition) is 3. The molecule has 0 saturated carbocycles. The van der Waals surface area contributed by atoms with Crippen LogP contribution in [0.1, 0.15) is 12.5 Å². The number of nitrogens with zero attached hydrogens (tertiary/aromatic N) is 1. The van der Waals surface area contributed by atoms with Crippen molar-refractivity contribution in [3.63, 3.8) is 0 Å². The lowest BCUT2D eigenvalue weighted by Gasteiger charge is -2.08. The lowest BCUT2D eigenvalue weighted by molar-refractivity contribution is -0.142. The van der Waals surface area contributed by atoms with E-state index in [4.69, 9.17) is 4.74 Å². The quantitative estimate of drug-likeness (QED) is 0.737. The Morgan fingerprint density at radius 1 is 1.29 bits per heavy atom. The molecule has 4 nitrogen and oxygen atoms in total. The highest BCUT2D eigenvalue weighted by atomic mass is 16.5. The normalized spacial score (nSPS) is 10.5. The van der Waals surface area contributed by atoms with Gasteiger partial charge in [-0.15, -0.1) is 0 Å². The Hall–Kier alpha value is -2.10.